The maximum atomic E-state index is 13.9. The summed E-state index contributed by atoms with van der Waals surface area (Å²) in [5, 5.41) is 12.3. The van der Waals surface area contributed by atoms with Crippen LogP contribution in [0.1, 0.15) is 43.9 Å². The maximum absolute atomic E-state index is 13.9. The molecule has 31 heavy (non-hydrogen) atoms. The number of halogens is 3. The van der Waals surface area contributed by atoms with Crippen LogP contribution in [0.5, 0.6) is 0 Å². The molecule has 1 N–H and O–H groups in total. The molecule has 2 heterocycles. The van der Waals surface area contributed by atoms with E-state index in [2.05, 4.69) is 15.5 Å². The molecule has 2 aromatic carbocycles. The van der Waals surface area contributed by atoms with Crippen LogP contribution in [0.3, 0.4) is 0 Å². The highest BCUT2D eigenvalue weighted by Crippen LogP contribution is 2.31. The van der Waals surface area contributed by atoms with Crippen molar-refractivity contribution in [2.24, 2.45) is 0 Å². The SMILES string of the molecule is O=C(Nc1cccc(Cl)c1)c1nnc(C2CCN(C(=O)c3c(F)cccc3F)CC2)s1. The molecule has 160 valence electrons. The molecule has 0 unspecified atom stereocenters. The zero-order valence-electron chi connectivity index (χ0n) is 16.1. The number of anilines is 1. The molecular weight excluding hydrogens is 446 g/mol. The van der Waals surface area contributed by atoms with Gasteiger partial charge in [0, 0.05) is 29.7 Å². The van der Waals surface area contributed by atoms with Crippen molar-refractivity contribution in [3.63, 3.8) is 0 Å². The lowest BCUT2D eigenvalue weighted by molar-refractivity contribution is 0.0702. The van der Waals surface area contributed by atoms with E-state index in [0.29, 0.717) is 41.6 Å². The van der Waals surface area contributed by atoms with E-state index in [9.17, 15) is 18.4 Å². The monoisotopic (exact) mass is 462 g/mol. The summed E-state index contributed by atoms with van der Waals surface area (Å²) >= 11 is 7.12. The van der Waals surface area contributed by atoms with Crippen molar-refractivity contribution in [1.82, 2.24) is 15.1 Å². The van der Waals surface area contributed by atoms with Crippen LogP contribution in [-0.2, 0) is 0 Å². The Morgan fingerprint density at radius 2 is 1.74 bits per heavy atom. The number of nitrogens with one attached hydrogen (secondary N) is 1. The second-order valence-electron chi connectivity index (χ2n) is 7.07. The fraction of sp³-hybridized carbons (Fsp3) is 0.238. The predicted molar refractivity (Wildman–Crippen MR) is 114 cm³/mol. The lowest BCUT2D eigenvalue weighted by atomic mass is 9.97. The molecule has 1 saturated heterocycles. The maximum Gasteiger partial charge on any atom is 0.286 e. The zero-order chi connectivity index (χ0) is 22.0. The molecule has 0 aliphatic carbocycles. The first-order valence-corrected chi connectivity index (χ1v) is 10.8. The number of hydrogen-bond donors (Lipinski definition) is 1. The van der Waals surface area contributed by atoms with Gasteiger partial charge in [0.25, 0.3) is 11.8 Å². The highest BCUT2D eigenvalue weighted by molar-refractivity contribution is 7.13. The molecule has 6 nitrogen and oxygen atoms in total. The number of rotatable bonds is 4. The van der Waals surface area contributed by atoms with Crippen molar-refractivity contribution < 1.29 is 18.4 Å². The van der Waals surface area contributed by atoms with Crippen molar-refractivity contribution in [2.75, 3.05) is 18.4 Å². The number of nitrogens with zero attached hydrogens (tertiary/aromatic N) is 3. The Labute approximate surface area is 185 Å². The third kappa shape index (κ3) is 4.72. The van der Waals surface area contributed by atoms with Gasteiger partial charge >= 0.3 is 0 Å². The van der Waals surface area contributed by atoms with Gasteiger partial charge in [-0.3, -0.25) is 9.59 Å². The molecule has 1 aliphatic rings. The van der Waals surface area contributed by atoms with E-state index in [0.717, 1.165) is 12.1 Å². The standard InChI is InChI=1S/C21H17ClF2N4O2S/c22-13-3-1-4-14(11-13)25-18(29)20-27-26-19(31-20)12-7-9-28(10-8-12)21(30)17-15(23)5-2-6-16(17)24/h1-6,11-12H,7-10H2,(H,25,29). The number of hydrogen-bond acceptors (Lipinski definition) is 5. The van der Waals surface area contributed by atoms with Crippen LogP contribution >= 0.6 is 22.9 Å². The van der Waals surface area contributed by atoms with Crippen LogP contribution in [0, 0.1) is 11.6 Å². The van der Waals surface area contributed by atoms with Gasteiger partial charge in [0.1, 0.15) is 22.2 Å². The highest BCUT2D eigenvalue weighted by atomic mass is 35.5. The third-order valence-electron chi connectivity index (χ3n) is 5.03. The average Bonchev–Trinajstić information content (AvgIpc) is 3.24. The van der Waals surface area contributed by atoms with Crippen LogP contribution in [0.15, 0.2) is 42.5 Å². The van der Waals surface area contributed by atoms with E-state index < -0.39 is 23.1 Å². The Hall–Kier alpha value is -2.91. The van der Waals surface area contributed by atoms with Gasteiger partial charge in [0.15, 0.2) is 0 Å². The number of carbonyl (C=O) groups is 2. The summed E-state index contributed by atoms with van der Waals surface area (Å²) in [6.07, 6.45) is 1.12. The van der Waals surface area contributed by atoms with Gasteiger partial charge in [0.2, 0.25) is 5.01 Å². The number of amides is 2. The van der Waals surface area contributed by atoms with Gasteiger partial charge in [0.05, 0.1) is 0 Å². The van der Waals surface area contributed by atoms with E-state index in [-0.39, 0.29) is 16.8 Å². The molecule has 0 bridgehead atoms. The number of piperidine rings is 1. The summed E-state index contributed by atoms with van der Waals surface area (Å²) in [7, 11) is 0. The van der Waals surface area contributed by atoms with Crippen molar-refractivity contribution >= 4 is 40.4 Å². The van der Waals surface area contributed by atoms with Gasteiger partial charge in [-0.1, -0.05) is 35.1 Å². The fourth-order valence-corrected chi connectivity index (χ4v) is 4.53. The average molecular weight is 463 g/mol. The minimum absolute atomic E-state index is 0.0136. The first-order valence-electron chi connectivity index (χ1n) is 9.56. The molecule has 1 aliphatic heterocycles. The molecule has 1 fully saturated rings. The largest absolute Gasteiger partial charge is 0.338 e. The van der Waals surface area contributed by atoms with Crippen molar-refractivity contribution in [1.29, 1.82) is 0 Å². The molecule has 4 rings (SSSR count). The number of carbonyl (C=O) groups excluding carboxylic acids is 2. The first-order chi connectivity index (χ1) is 14.9. The quantitative estimate of drug-likeness (QED) is 0.607. The molecule has 0 spiro atoms. The second-order valence-corrected chi connectivity index (χ2v) is 8.52. The van der Waals surface area contributed by atoms with E-state index in [1.54, 1.807) is 24.3 Å². The van der Waals surface area contributed by atoms with Crippen LogP contribution in [0.25, 0.3) is 0 Å². The van der Waals surface area contributed by atoms with Gasteiger partial charge in [-0.2, -0.15) is 0 Å². The van der Waals surface area contributed by atoms with Gasteiger partial charge in [-0.15, -0.1) is 10.2 Å². The smallest absolute Gasteiger partial charge is 0.286 e. The lowest BCUT2D eigenvalue weighted by Gasteiger charge is -2.31. The normalized spacial score (nSPS) is 14.5. The third-order valence-corrected chi connectivity index (χ3v) is 6.35. The molecule has 2 amide bonds. The zero-order valence-corrected chi connectivity index (χ0v) is 17.7. The molecule has 0 saturated carbocycles. The number of benzene rings is 2. The van der Waals surface area contributed by atoms with Gasteiger partial charge in [-0.05, 0) is 43.2 Å². The molecule has 0 atom stereocenters. The number of aromatic nitrogens is 2. The summed E-state index contributed by atoms with van der Waals surface area (Å²) < 4.78 is 27.8. The summed E-state index contributed by atoms with van der Waals surface area (Å²) in [4.78, 5) is 26.4. The van der Waals surface area contributed by atoms with Crippen LogP contribution in [0.4, 0.5) is 14.5 Å². The number of likely N-dealkylation sites (tertiary alicyclic amines) is 1. The van der Waals surface area contributed by atoms with Crippen LogP contribution in [-0.4, -0.2) is 40.0 Å². The first kappa shape index (κ1) is 21.3. The molecule has 10 heteroatoms. The van der Waals surface area contributed by atoms with Gasteiger partial charge in [-0.25, -0.2) is 8.78 Å². The van der Waals surface area contributed by atoms with Crippen LogP contribution < -0.4 is 5.32 Å². The summed E-state index contributed by atoms with van der Waals surface area (Å²) in [6, 6.07) is 10.1. The fourth-order valence-electron chi connectivity index (χ4n) is 3.43. The van der Waals surface area contributed by atoms with E-state index in [4.69, 9.17) is 11.6 Å². The Bertz CT molecular complexity index is 1110. The van der Waals surface area contributed by atoms with Crippen molar-refractivity contribution in [2.45, 2.75) is 18.8 Å². The van der Waals surface area contributed by atoms with Crippen LogP contribution in [0.2, 0.25) is 5.02 Å². The Kier molecular flexibility index (Phi) is 6.24. The molecular formula is C21H17ClF2N4O2S. The highest BCUT2D eigenvalue weighted by Gasteiger charge is 2.30. The van der Waals surface area contributed by atoms with E-state index in [1.165, 1.54) is 22.3 Å². The van der Waals surface area contributed by atoms with Crippen molar-refractivity contribution in [3.05, 3.63) is 74.7 Å². The minimum Gasteiger partial charge on any atom is -0.338 e. The van der Waals surface area contributed by atoms with Crippen molar-refractivity contribution in [3.8, 4) is 0 Å². The Morgan fingerprint density at radius 1 is 1.06 bits per heavy atom. The summed E-state index contributed by atoms with van der Waals surface area (Å²) in [6.45, 7) is 0.668. The Morgan fingerprint density at radius 3 is 2.42 bits per heavy atom. The Balaban J connectivity index is 1.38. The molecule has 0 radical (unpaired) electrons. The lowest BCUT2D eigenvalue weighted by Crippen LogP contribution is -2.38. The molecule has 1 aromatic heterocycles. The summed E-state index contributed by atoms with van der Waals surface area (Å²) in [5.74, 6) is -2.76. The predicted octanol–water partition coefficient (Wildman–Crippen LogP) is 4.74. The second kappa shape index (κ2) is 9.07. The summed E-state index contributed by atoms with van der Waals surface area (Å²) in [5.41, 5.74) is 0.0262. The topological polar surface area (TPSA) is 75.2 Å². The minimum atomic E-state index is -0.869. The van der Waals surface area contributed by atoms with Gasteiger partial charge < -0.3 is 10.2 Å². The van der Waals surface area contributed by atoms with E-state index >= 15 is 0 Å². The molecule has 3 aromatic rings. The van der Waals surface area contributed by atoms with E-state index in [1.807, 2.05) is 0 Å².